The van der Waals surface area contributed by atoms with E-state index in [1.807, 2.05) is 12.1 Å². The van der Waals surface area contributed by atoms with E-state index in [0.29, 0.717) is 12.3 Å². The fourth-order valence-corrected chi connectivity index (χ4v) is 3.05. The first-order valence-electron chi connectivity index (χ1n) is 8.67. The molecule has 11 nitrogen and oxygen atoms in total. The predicted molar refractivity (Wildman–Crippen MR) is 104 cm³/mol. The molecule has 0 aliphatic carbocycles. The summed E-state index contributed by atoms with van der Waals surface area (Å²) in [5, 5.41) is 30.2. The van der Waals surface area contributed by atoms with Gasteiger partial charge in [0.25, 0.3) is 0 Å². The van der Waals surface area contributed by atoms with Crippen molar-refractivity contribution in [2.75, 3.05) is 51.6 Å². The second kappa shape index (κ2) is 13.5. The van der Waals surface area contributed by atoms with Crippen LogP contribution in [0, 0.1) is 0 Å². The van der Waals surface area contributed by atoms with Crippen molar-refractivity contribution >= 4 is 35.6 Å². The highest BCUT2D eigenvalue weighted by molar-refractivity contribution is 7.99. The van der Waals surface area contributed by atoms with Crippen molar-refractivity contribution in [2.45, 2.75) is 5.03 Å². The molecule has 0 spiro atoms. The molecule has 0 atom stereocenters. The van der Waals surface area contributed by atoms with E-state index in [2.05, 4.69) is 10.3 Å². The summed E-state index contributed by atoms with van der Waals surface area (Å²) in [6.45, 7) is -1.23. The van der Waals surface area contributed by atoms with Gasteiger partial charge >= 0.3 is 17.9 Å². The van der Waals surface area contributed by atoms with Gasteiger partial charge in [0.2, 0.25) is 5.91 Å². The first-order valence-corrected chi connectivity index (χ1v) is 9.65. The SMILES string of the molecule is O=C(O)CN(CCN(CC(=O)O)CC(=O)NCCSc1ccccn1)CC(=O)O. The largest absolute Gasteiger partial charge is 0.480 e. The molecule has 1 aromatic rings. The Bertz CT molecular complexity index is 674. The summed E-state index contributed by atoms with van der Waals surface area (Å²) in [7, 11) is 0. The number of amides is 1. The van der Waals surface area contributed by atoms with E-state index in [1.165, 1.54) is 16.7 Å². The lowest BCUT2D eigenvalue weighted by atomic mass is 10.3. The van der Waals surface area contributed by atoms with Crippen LogP contribution in [-0.2, 0) is 19.2 Å². The van der Waals surface area contributed by atoms with Gasteiger partial charge in [0.15, 0.2) is 0 Å². The van der Waals surface area contributed by atoms with Gasteiger partial charge in [-0.2, -0.15) is 0 Å². The van der Waals surface area contributed by atoms with Gasteiger partial charge < -0.3 is 20.6 Å². The molecule has 1 aromatic heterocycles. The van der Waals surface area contributed by atoms with E-state index >= 15 is 0 Å². The zero-order valence-electron chi connectivity index (χ0n) is 15.7. The van der Waals surface area contributed by atoms with Crippen LogP contribution in [0.5, 0.6) is 0 Å². The highest BCUT2D eigenvalue weighted by atomic mass is 32.2. The third kappa shape index (κ3) is 12.4. The predicted octanol–water partition coefficient (Wildman–Crippen LogP) is -0.852. The number of rotatable bonds is 15. The van der Waals surface area contributed by atoms with Crippen molar-refractivity contribution in [1.29, 1.82) is 0 Å². The van der Waals surface area contributed by atoms with Crippen LogP contribution < -0.4 is 5.32 Å². The summed E-state index contributed by atoms with van der Waals surface area (Å²) in [4.78, 5) is 51.4. The van der Waals surface area contributed by atoms with Crippen LogP contribution in [0.3, 0.4) is 0 Å². The zero-order valence-corrected chi connectivity index (χ0v) is 16.5. The summed E-state index contributed by atoms with van der Waals surface area (Å²) >= 11 is 1.47. The zero-order chi connectivity index (χ0) is 21.6. The highest BCUT2D eigenvalue weighted by Gasteiger charge is 2.18. The lowest BCUT2D eigenvalue weighted by Gasteiger charge is -2.24. The lowest BCUT2D eigenvalue weighted by Crippen LogP contribution is -2.45. The number of carboxylic acids is 3. The lowest BCUT2D eigenvalue weighted by molar-refractivity contribution is -0.143. The molecule has 0 bridgehead atoms. The van der Waals surface area contributed by atoms with E-state index in [9.17, 15) is 19.2 Å². The Balaban J connectivity index is 2.45. The third-order valence-corrected chi connectivity index (χ3v) is 4.43. The van der Waals surface area contributed by atoms with Crippen molar-refractivity contribution in [3.05, 3.63) is 24.4 Å². The van der Waals surface area contributed by atoms with Gasteiger partial charge in [-0.05, 0) is 12.1 Å². The number of thioether (sulfide) groups is 1. The summed E-state index contributed by atoms with van der Waals surface area (Å²) in [6, 6.07) is 5.51. The average Bonchev–Trinajstić information content (AvgIpc) is 2.62. The summed E-state index contributed by atoms with van der Waals surface area (Å²) in [6.07, 6.45) is 1.67. The van der Waals surface area contributed by atoms with E-state index in [0.717, 1.165) is 9.93 Å². The number of nitrogens with zero attached hydrogens (tertiary/aromatic N) is 3. The minimum atomic E-state index is -1.20. The van der Waals surface area contributed by atoms with Gasteiger partial charge in [0, 0.05) is 31.6 Å². The highest BCUT2D eigenvalue weighted by Crippen LogP contribution is 2.12. The number of carbonyl (C=O) groups excluding carboxylic acids is 1. The number of aliphatic carboxylic acids is 3. The number of nitrogens with one attached hydrogen (secondary N) is 1. The number of carboxylic acid groups (broad SMARTS) is 3. The maximum atomic E-state index is 12.1. The minimum Gasteiger partial charge on any atom is -0.480 e. The first kappa shape index (κ1) is 24.3. The van der Waals surface area contributed by atoms with Crippen LogP contribution in [0.4, 0.5) is 0 Å². The van der Waals surface area contributed by atoms with Crippen molar-refractivity contribution < 1.29 is 34.5 Å². The molecule has 0 saturated heterocycles. The maximum absolute atomic E-state index is 12.1. The minimum absolute atomic E-state index is 0.00527. The molecule has 0 saturated carbocycles. The van der Waals surface area contributed by atoms with Crippen molar-refractivity contribution in [1.82, 2.24) is 20.1 Å². The summed E-state index contributed by atoms with van der Waals surface area (Å²) in [5.74, 6) is -3.33. The Hall–Kier alpha value is -2.70. The van der Waals surface area contributed by atoms with Gasteiger partial charge in [-0.1, -0.05) is 6.07 Å². The number of hydrogen-bond donors (Lipinski definition) is 4. The fraction of sp³-hybridized carbons (Fsp3) is 0.471. The fourth-order valence-electron chi connectivity index (χ4n) is 2.32. The Kier molecular flexibility index (Phi) is 11.3. The molecule has 0 radical (unpaired) electrons. The van der Waals surface area contributed by atoms with Crippen molar-refractivity contribution in [2.24, 2.45) is 0 Å². The molecule has 1 heterocycles. The van der Waals surface area contributed by atoms with Crippen LogP contribution in [0.15, 0.2) is 29.4 Å². The van der Waals surface area contributed by atoms with E-state index in [-0.39, 0.29) is 25.5 Å². The Labute approximate surface area is 171 Å². The van der Waals surface area contributed by atoms with Gasteiger partial charge in [0.05, 0.1) is 31.2 Å². The molecule has 160 valence electrons. The van der Waals surface area contributed by atoms with Gasteiger partial charge in [-0.15, -0.1) is 11.8 Å². The molecule has 29 heavy (non-hydrogen) atoms. The molecule has 1 rings (SSSR count). The molecule has 4 N–H and O–H groups in total. The van der Waals surface area contributed by atoms with Crippen LogP contribution >= 0.6 is 11.8 Å². The van der Waals surface area contributed by atoms with E-state index in [1.54, 1.807) is 12.3 Å². The number of carbonyl (C=O) groups is 4. The van der Waals surface area contributed by atoms with Crippen LogP contribution in [0.1, 0.15) is 0 Å². The summed E-state index contributed by atoms with van der Waals surface area (Å²) in [5.41, 5.74) is 0. The molecule has 0 aliphatic heterocycles. The molecule has 0 unspecified atom stereocenters. The van der Waals surface area contributed by atoms with Gasteiger partial charge in [-0.25, -0.2) is 4.98 Å². The topological polar surface area (TPSA) is 160 Å². The van der Waals surface area contributed by atoms with Crippen molar-refractivity contribution in [3.63, 3.8) is 0 Å². The van der Waals surface area contributed by atoms with E-state index < -0.39 is 37.5 Å². The van der Waals surface area contributed by atoms with E-state index in [4.69, 9.17) is 15.3 Å². The molecule has 1 amide bonds. The smallest absolute Gasteiger partial charge is 0.317 e. The molecule has 0 aliphatic rings. The third-order valence-electron chi connectivity index (χ3n) is 3.49. The molecular formula is C17H24N4O7S. The number of aromatic nitrogens is 1. The molecular weight excluding hydrogens is 404 g/mol. The molecule has 0 fully saturated rings. The van der Waals surface area contributed by atoms with Crippen molar-refractivity contribution in [3.8, 4) is 0 Å². The van der Waals surface area contributed by atoms with Gasteiger partial charge in [0.1, 0.15) is 0 Å². The number of pyridine rings is 1. The average molecular weight is 428 g/mol. The Morgan fingerprint density at radius 2 is 1.45 bits per heavy atom. The Morgan fingerprint density at radius 1 is 0.897 bits per heavy atom. The Morgan fingerprint density at radius 3 is 1.93 bits per heavy atom. The molecule has 12 heteroatoms. The maximum Gasteiger partial charge on any atom is 0.317 e. The quantitative estimate of drug-likeness (QED) is 0.203. The van der Waals surface area contributed by atoms with Crippen LogP contribution in [0.2, 0.25) is 0 Å². The first-order chi connectivity index (χ1) is 13.8. The van der Waals surface area contributed by atoms with Crippen LogP contribution in [0.25, 0.3) is 0 Å². The summed E-state index contributed by atoms with van der Waals surface area (Å²) < 4.78 is 0. The number of hydrogen-bond acceptors (Lipinski definition) is 8. The molecule has 0 aromatic carbocycles. The normalized spacial score (nSPS) is 10.8. The second-order valence-electron chi connectivity index (χ2n) is 5.97. The van der Waals surface area contributed by atoms with Gasteiger partial charge in [-0.3, -0.25) is 29.0 Å². The van der Waals surface area contributed by atoms with Crippen LogP contribution in [-0.4, -0.2) is 105 Å². The monoisotopic (exact) mass is 428 g/mol. The second-order valence-corrected chi connectivity index (χ2v) is 7.08. The standard InChI is InChI=1S/C17H24N4O7S/c22-13(18-5-8-29-14-3-1-2-4-19-14)9-20(10-15(23)24)6-7-21(11-16(25)26)12-17(27)28/h1-4H,5-12H2,(H,18,22)(H,23,24)(H,25,26)(H,27,28).